The summed E-state index contributed by atoms with van der Waals surface area (Å²) in [5, 5.41) is 1.47. The van der Waals surface area contributed by atoms with E-state index in [2.05, 4.69) is 0 Å². The van der Waals surface area contributed by atoms with Gasteiger partial charge in [0.1, 0.15) is 0 Å². The van der Waals surface area contributed by atoms with Crippen LogP contribution in [0.4, 0.5) is 0 Å². The van der Waals surface area contributed by atoms with Crippen LogP contribution in [-0.2, 0) is 4.74 Å². The zero-order valence-electron chi connectivity index (χ0n) is 10.5. The summed E-state index contributed by atoms with van der Waals surface area (Å²) >= 11 is 0. The van der Waals surface area contributed by atoms with Gasteiger partial charge >= 0.3 is 5.97 Å². The van der Waals surface area contributed by atoms with Gasteiger partial charge in [-0.1, -0.05) is 30.4 Å². The molecule has 0 heterocycles. The lowest BCUT2D eigenvalue weighted by atomic mass is 10.1. The molecule has 3 nitrogen and oxygen atoms in total. The van der Waals surface area contributed by atoms with Crippen molar-refractivity contribution in [1.29, 1.82) is 0 Å². The van der Waals surface area contributed by atoms with Gasteiger partial charge in [0.25, 0.3) is 0 Å². The van der Waals surface area contributed by atoms with Crippen molar-refractivity contribution < 1.29 is 9.53 Å². The third-order valence-corrected chi connectivity index (χ3v) is 3.25. The highest BCUT2D eigenvalue weighted by Crippen LogP contribution is 2.31. The molecule has 0 atom stereocenters. The summed E-state index contributed by atoms with van der Waals surface area (Å²) < 4.78 is 5.05. The molecule has 3 heteroatoms. The molecule has 1 aliphatic rings. The number of hydrogen-bond acceptors (Lipinski definition) is 3. The maximum absolute atomic E-state index is 12.1. The second-order valence-electron chi connectivity index (χ2n) is 4.35. The van der Waals surface area contributed by atoms with Crippen LogP contribution in [0.2, 0.25) is 0 Å². The van der Waals surface area contributed by atoms with Gasteiger partial charge in [-0.15, -0.1) is 0 Å². The highest BCUT2D eigenvalue weighted by Gasteiger charge is 2.18. The second kappa shape index (κ2) is 4.35. The summed E-state index contributed by atoms with van der Waals surface area (Å²) in [4.78, 5) is 24.0. The topological polar surface area (TPSA) is 43.4 Å². The SMILES string of the molecule is CCOC(=O)c1ccc(=O)c2cccc3c2c1C=C3. The van der Waals surface area contributed by atoms with Crippen molar-refractivity contribution in [3.05, 3.63) is 57.2 Å². The molecule has 0 radical (unpaired) electrons. The van der Waals surface area contributed by atoms with Crippen LogP contribution in [0.25, 0.3) is 22.9 Å². The zero-order valence-corrected chi connectivity index (χ0v) is 10.5. The van der Waals surface area contributed by atoms with Crippen molar-refractivity contribution in [3.8, 4) is 0 Å². The van der Waals surface area contributed by atoms with Gasteiger partial charge < -0.3 is 4.74 Å². The molecule has 0 aromatic heterocycles. The number of benzene rings is 1. The van der Waals surface area contributed by atoms with Gasteiger partial charge in [-0.2, -0.15) is 0 Å². The van der Waals surface area contributed by atoms with Gasteiger partial charge in [0.05, 0.1) is 12.2 Å². The lowest BCUT2D eigenvalue weighted by molar-refractivity contribution is 0.0526. The first-order valence-corrected chi connectivity index (χ1v) is 6.17. The molecule has 0 saturated carbocycles. The van der Waals surface area contributed by atoms with E-state index in [1.54, 1.807) is 19.1 Å². The van der Waals surface area contributed by atoms with Gasteiger partial charge in [0, 0.05) is 10.8 Å². The molecule has 3 rings (SSSR count). The molecule has 0 spiro atoms. The zero-order chi connectivity index (χ0) is 13.4. The maximum atomic E-state index is 12.1. The first-order chi connectivity index (χ1) is 9.22. The first kappa shape index (κ1) is 11.7. The number of carbonyl (C=O) groups excluding carboxylic acids is 1. The quantitative estimate of drug-likeness (QED) is 0.659. The van der Waals surface area contributed by atoms with Gasteiger partial charge in [-0.3, -0.25) is 4.79 Å². The average Bonchev–Trinajstić information content (AvgIpc) is 2.76. The Morgan fingerprint density at radius 2 is 2.00 bits per heavy atom. The minimum Gasteiger partial charge on any atom is -0.462 e. The van der Waals surface area contributed by atoms with Gasteiger partial charge in [0.2, 0.25) is 0 Å². The monoisotopic (exact) mass is 252 g/mol. The Morgan fingerprint density at radius 3 is 2.79 bits per heavy atom. The standard InChI is InChI=1S/C16H12O3/c1-2-19-16(18)12-8-9-14(17)13-5-3-4-10-6-7-11(12)15(10)13/h3-9H,2H2,1H3. The van der Waals surface area contributed by atoms with Crippen molar-refractivity contribution in [3.63, 3.8) is 0 Å². The smallest absolute Gasteiger partial charge is 0.338 e. The Hall–Kier alpha value is -2.42. The Morgan fingerprint density at radius 1 is 1.16 bits per heavy atom. The van der Waals surface area contributed by atoms with E-state index in [0.717, 1.165) is 16.5 Å². The number of carbonyl (C=O) groups is 1. The highest BCUT2D eigenvalue weighted by atomic mass is 16.5. The predicted octanol–water partition coefficient (Wildman–Crippen LogP) is 2.86. The van der Waals surface area contributed by atoms with Gasteiger partial charge in [-0.05, 0) is 30.2 Å². The van der Waals surface area contributed by atoms with E-state index in [0.29, 0.717) is 17.6 Å². The molecule has 1 aliphatic carbocycles. The minimum atomic E-state index is -0.393. The van der Waals surface area contributed by atoms with Crippen molar-refractivity contribution >= 4 is 28.9 Å². The lowest BCUT2D eigenvalue weighted by Crippen LogP contribution is -2.05. The third-order valence-electron chi connectivity index (χ3n) is 3.25. The summed E-state index contributed by atoms with van der Waals surface area (Å²) in [6, 6.07) is 8.55. The van der Waals surface area contributed by atoms with Crippen LogP contribution < -0.4 is 5.43 Å². The number of ether oxygens (including phenoxy) is 1. The van der Waals surface area contributed by atoms with E-state index in [-0.39, 0.29) is 5.43 Å². The fourth-order valence-corrected chi connectivity index (χ4v) is 2.42. The van der Waals surface area contributed by atoms with Gasteiger partial charge in [0.15, 0.2) is 5.43 Å². The predicted molar refractivity (Wildman–Crippen MR) is 75.1 cm³/mol. The van der Waals surface area contributed by atoms with Crippen molar-refractivity contribution in [2.75, 3.05) is 6.61 Å². The molecule has 2 aromatic carbocycles. The highest BCUT2D eigenvalue weighted by molar-refractivity contribution is 6.10. The molecular weight excluding hydrogens is 240 g/mol. The van der Waals surface area contributed by atoms with E-state index in [9.17, 15) is 9.59 Å². The molecule has 0 amide bonds. The van der Waals surface area contributed by atoms with E-state index in [1.165, 1.54) is 6.07 Å². The van der Waals surface area contributed by atoms with E-state index in [1.807, 2.05) is 24.3 Å². The maximum Gasteiger partial charge on any atom is 0.338 e. The molecule has 0 unspecified atom stereocenters. The van der Waals surface area contributed by atoms with Crippen molar-refractivity contribution in [2.45, 2.75) is 6.92 Å². The molecule has 0 bridgehead atoms. The van der Waals surface area contributed by atoms with Gasteiger partial charge in [-0.25, -0.2) is 4.79 Å². The molecule has 94 valence electrons. The van der Waals surface area contributed by atoms with Crippen LogP contribution in [0.3, 0.4) is 0 Å². The summed E-state index contributed by atoms with van der Waals surface area (Å²) in [6.45, 7) is 2.08. The average molecular weight is 252 g/mol. The molecule has 0 aliphatic heterocycles. The Labute approximate surface area is 110 Å². The number of hydrogen-bond donors (Lipinski definition) is 0. The van der Waals surface area contributed by atoms with Crippen LogP contribution in [0.1, 0.15) is 28.4 Å². The molecule has 0 saturated heterocycles. The number of rotatable bonds is 2. The largest absolute Gasteiger partial charge is 0.462 e. The van der Waals surface area contributed by atoms with Crippen LogP contribution in [0, 0.1) is 0 Å². The summed E-state index contributed by atoms with van der Waals surface area (Å²) in [5.41, 5.74) is 2.09. The van der Waals surface area contributed by atoms with Crippen LogP contribution in [0.15, 0.2) is 35.1 Å². The molecular formula is C16H12O3. The summed E-state index contributed by atoms with van der Waals surface area (Å²) in [5.74, 6) is -0.393. The van der Waals surface area contributed by atoms with E-state index >= 15 is 0 Å². The molecule has 0 fully saturated rings. The number of esters is 1. The fraction of sp³-hybridized carbons (Fsp3) is 0.125. The lowest BCUT2D eigenvalue weighted by Gasteiger charge is -2.03. The third kappa shape index (κ3) is 1.74. The van der Waals surface area contributed by atoms with Crippen molar-refractivity contribution in [2.24, 2.45) is 0 Å². The molecule has 0 N–H and O–H groups in total. The Bertz CT molecular complexity index is 773. The Kier molecular flexibility index (Phi) is 2.67. The summed E-state index contributed by atoms with van der Waals surface area (Å²) in [7, 11) is 0. The van der Waals surface area contributed by atoms with Crippen LogP contribution in [-0.4, -0.2) is 12.6 Å². The molecule has 2 aromatic rings. The Balaban J connectivity index is 2.42. The van der Waals surface area contributed by atoms with Crippen LogP contribution >= 0.6 is 0 Å². The normalized spacial score (nSPS) is 11.8. The van der Waals surface area contributed by atoms with E-state index < -0.39 is 5.97 Å². The fourth-order valence-electron chi connectivity index (χ4n) is 2.42. The van der Waals surface area contributed by atoms with Crippen molar-refractivity contribution in [1.82, 2.24) is 0 Å². The minimum absolute atomic E-state index is 0.0858. The first-order valence-electron chi connectivity index (χ1n) is 6.17. The molecule has 19 heavy (non-hydrogen) atoms. The van der Waals surface area contributed by atoms with Crippen LogP contribution in [0.5, 0.6) is 0 Å². The second-order valence-corrected chi connectivity index (χ2v) is 4.35. The summed E-state index contributed by atoms with van der Waals surface area (Å²) in [6.07, 6.45) is 3.78. The van der Waals surface area contributed by atoms with E-state index in [4.69, 9.17) is 4.74 Å².